The molecule has 2 aliphatic carbocycles. The zero-order valence-electron chi connectivity index (χ0n) is 50.7. The number of aromatic nitrogens is 6. The second kappa shape index (κ2) is 32.7. The number of benzene rings is 2. The summed E-state index contributed by atoms with van der Waals surface area (Å²) in [6, 6.07) is 23.3. The van der Waals surface area contributed by atoms with E-state index < -0.39 is 5.97 Å². The molecule has 0 bridgehead atoms. The van der Waals surface area contributed by atoms with Crippen LogP contribution in [0, 0.1) is 27.7 Å². The standard InChI is InChI=1S/C33H41N3O7.C31H37N3O7.Li.H2O/c1-5-39-33(37)29-17-25-18-31(41-15-14-38-4)34-20-30(25)36(29)12-13-40-26-10-7-11-27(19-26)42-21-28-23(3)43-32(35-28)24-9-6-8-22(2)16-24;1-20-6-4-7-22(14-20)30-33-26(21(2)41-30)19-40-25-9-5-8-24(17-25)38-11-10-34-27(31(35)36)15-23-16-29(32-18-28(23)34)39-13-12-37-3;;/h6,8-9,16-18,20,26-27H,5,7,10-15,19,21H2,1-4H3;4,6-7,14-16,18,24-25H,5,8-13,17,19H2,1-3H3,(H,35,36);;1H2/q;;+1;/p-1/t26-,27+;24-,25+;;/m11../s1. The van der Waals surface area contributed by atoms with Crippen LogP contribution < -0.4 is 28.3 Å². The molecule has 2 N–H and O–H groups in total. The maximum Gasteiger partial charge on any atom is 1.00 e. The van der Waals surface area contributed by atoms with Gasteiger partial charge in [0.25, 0.3) is 0 Å². The average Bonchev–Trinajstić information content (AvgIpc) is 2.38. The van der Waals surface area contributed by atoms with E-state index in [4.69, 9.17) is 56.5 Å². The van der Waals surface area contributed by atoms with Gasteiger partial charge in [-0.05, 0) is 122 Å². The number of pyridine rings is 2. The molecule has 22 heteroatoms. The smallest absolute Gasteiger partial charge is 0.870 e. The summed E-state index contributed by atoms with van der Waals surface area (Å²) < 4.78 is 67.2. The molecule has 0 aliphatic heterocycles. The molecule has 8 aromatic rings. The third kappa shape index (κ3) is 17.9. The first-order chi connectivity index (χ1) is 40.9. The number of aromatic carboxylic acids is 1. The number of carboxylic acids is 1. The van der Waals surface area contributed by atoms with Crippen LogP contribution in [0.5, 0.6) is 11.8 Å². The zero-order chi connectivity index (χ0) is 59.0. The Morgan fingerprint density at radius 3 is 1.47 bits per heavy atom. The number of oxazole rings is 2. The van der Waals surface area contributed by atoms with E-state index in [1.165, 1.54) is 0 Å². The van der Waals surface area contributed by atoms with Crippen molar-refractivity contribution in [2.24, 2.45) is 0 Å². The van der Waals surface area contributed by atoms with Gasteiger partial charge in [-0.2, -0.15) is 0 Å². The SMILES string of the molecule is CCOC(=O)c1cc2cc(OCCOC)ncc2n1CCO[C@@H]1CCC[C@H](OCc2nc(-c3cccc(C)c3)oc2C)C1.COCCOc1cc2cc(C(=O)O)n(CCO[C@@H]3CCC[C@H](OCc4nc(-c5cccc(C)c5)oc4C)C3)c2cn1.[Li+].[OH-]. The molecule has 456 valence electrons. The Bertz CT molecular complexity index is 3450. The second-order valence-corrected chi connectivity index (χ2v) is 21.2. The van der Waals surface area contributed by atoms with Gasteiger partial charge in [0, 0.05) is 61.3 Å². The van der Waals surface area contributed by atoms with Gasteiger partial charge in [-0.25, -0.2) is 29.5 Å². The Kier molecular flexibility index (Phi) is 25.4. The van der Waals surface area contributed by atoms with E-state index in [0.717, 1.165) is 118 Å². The molecule has 0 radical (unpaired) electrons. The number of aryl methyl sites for hydroxylation is 4. The van der Waals surface area contributed by atoms with Crippen molar-refractivity contribution in [1.82, 2.24) is 29.1 Å². The maximum absolute atomic E-state index is 12.8. The number of hydrogen-bond donors (Lipinski definition) is 1. The maximum atomic E-state index is 12.8. The predicted molar refractivity (Wildman–Crippen MR) is 315 cm³/mol. The molecule has 6 aromatic heterocycles. The molecule has 0 saturated heterocycles. The number of carbonyl (C=O) groups excluding carboxylic acids is 1. The number of hydrogen-bond acceptors (Lipinski definition) is 18. The molecule has 2 aromatic carbocycles. The molecule has 0 unspecified atom stereocenters. The molecular weight excluding hydrogens is 1100 g/mol. The molecule has 21 nitrogen and oxygen atoms in total. The summed E-state index contributed by atoms with van der Waals surface area (Å²) in [6.07, 6.45) is 11.1. The third-order valence-corrected chi connectivity index (χ3v) is 15.0. The van der Waals surface area contributed by atoms with Crippen molar-refractivity contribution < 1.29 is 90.5 Å². The third-order valence-electron chi connectivity index (χ3n) is 15.0. The topological polar surface area (TPSA) is 255 Å². The Balaban J connectivity index is 0.000000241. The molecular formula is C64H79LiN6O15. The number of esters is 1. The normalized spacial score (nSPS) is 16.7. The first-order valence-electron chi connectivity index (χ1n) is 29.0. The van der Waals surface area contributed by atoms with Crippen LogP contribution in [0.4, 0.5) is 0 Å². The molecule has 6 heterocycles. The zero-order valence-corrected chi connectivity index (χ0v) is 50.7. The van der Waals surface area contributed by atoms with E-state index in [-0.39, 0.29) is 60.4 Å². The molecule has 2 saturated carbocycles. The van der Waals surface area contributed by atoms with Crippen molar-refractivity contribution >= 4 is 33.7 Å². The van der Waals surface area contributed by atoms with E-state index in [0.29, 0.717) is 102 Å². The van der Waals surface area contributed by atoms with Gasteiger partial charge in [0.1, 0.15) is 47.5 Å². The summed E-state index contributed by atoms with van der Waals surface area (Å²) in [5.74, 6) is 2.31. The van der Waals surface area contributed by atoms with Crippen LogP contribution >= 0.6 is 0 Å². The summed E-state index contributed by atoms with van der Waals surface area (Å²) in [5, 5.41) is 11.4. The van der Waals surface area contributed by atoms with Crippen molar-refractivity contribution in [1.29, 1.82) is 0 Å². The molecule has 86 heavy (non-hydrogen) atoms. The van der Waals surface area contributed by atoms with Crippen LogP contribution in [-0.4, -0.2) is 136 Å². The number of carboxylic acid groups (broad SMARTS) is 1. The van der Waals surface area contributed by atoms with Gasteiger partial charge in [-0.15, -0.1) is 0 Å². The fourth-order valence-electron chi connectivity index (χ4n) is 10.7. The summed E-state index contributed by atoms with van der Waals surface area (Å²) in [7, 11) is 3.22. The Morgan fingerprint density at radius 2 is 1.03 bits per heavy atom. The molecule has 2 fully saturated rings. The van der Waals surface area contributed by atoms with Gasteiger partial charge in [0.2, 0.25) is 23.5 Å². The van der Waals surface area contributed by atoms with E-state index in [1.807, 2.05) is 67.8 Å². The van der Waals surface area contributed by atoms with Gasteiger partial charge >= 0.3 is 30.8 Å². The summed E-state index contributed by atoms with van der Waals surface area (Å²) in [4.78, 5) is 42.9. The summed E-state index contributed by atoms with van der Waals surface area (Å²) in [6.45, 7) is 14.2. The Morgan fingerprint density at radius 1 is 0.593 bits per heavy atom. The van der Waals surface area contributed by atoms with Gasteiger partial charge < -0.3 is 71.2 Å². The number of rotatable bonds is 27. The van der Waals surface area contributed by atoms with Crippen LogP contribution in [0.1, 0.15) is 113 Å². The van der Waals surface area contributed by atoms with E-state index in [1.54, 1.807) is 50.2 Å². The molecule has 10 rings (SSSR count). The Hall–Kier alpha value is -6.90. The van der Waals surface area contributed by atoms with Crippen LogP contribution in [0.15, 0.2) is 94.0 Å². The summed E-state index contributed by atoms with van der Waals surface area (Å²) >= 11 is 0. The molecule has 2 aliphatic rings. The van der Waals surface area contributed by atoms with Crippen molar-refractivity contribution in [3.63, 3.8) is 0 Å². The fourth-order valence-corrected chi connectivity index (χ4v) is 10.7. The number of ether oxygens (including phenoxy) is 9. The molecule has 0 spiro atoms. The van der Waals surface area contributed by atoms with E-state index in [9.17, 15) is 14.7 Å². The van der Waals surface area contributed by atoms with Crippen LogP contribution in [0.3, 0.4) is 0 Å². The fraction of sp³-hybridized carbons (Fsp3) is 0.469. The van der Waals surface area contributed by atoms with E-state index >= 15 is 0 Å². The average molecular weight is 1180 g/mol. The number of nitrogens with zero attached hydrogens (tertiary/aromatic N) is 6. The summed E-state index contributed by atoms with van der Waals surface area (Å²) in [5.41, 5.74) is 8.08. The van der Waals surface area contributed by atoms with Crippen LogP contribution in [0.2, 0.25) is 0 Å². The molecule has 0 amide bonds. The van der Waals surface area contributed by atoms with E-state index in [2.05, 4.69) is 40.1 Å². The Labute approximate surface area is 513 Å². The van der Waals surface area contributed by atoms with Gasteiger partial charge in [-0.3, -0.25) is 0 Å². The van der Waals surface area contributed by atoms with Crippen molar-refractivity contribution in [3.05, 3.63) is 131 Å². The number of carbonyl (C=O) groups is 2. The van der Waals surface area contributed by atoms with Crippen LogP contribution in [-0.2, 0) is 59.5 Å². The van der Waals surface area contributed by atoms with Crippen molar-refractivity contribution in [2.75, 3.05) is 60.5 Å². The largest absolute Gasteiger partial charge is 1.00 e. The van der Waals surface area contributed by atoms with Crippen molar-refractivity contribution in [3.8, 4) is 34.7 Å². The minimum Gasteiger partial charge on any atom is -0.870 e. The number of methoxy groups -OCH3 is 2. The monoisotopic (exact) mass is 1180 g/mol. The molecule has 4 atom stereocenters. The van der Waals surface area contributed by atoms with Crippen molar-refractivity contribution in [2.45, 2.75) is 137 Å². The van der Waals surface area contributed by atoms with Gasteiger partial charge in [0.05, 0.1) is 94.1 Å². The quantitative estimate of drug-likeness (QED) is 0.0288. The second-order valence-electron chi connectivity index (χ2n) is 21.2. The predicted octanol–water partition coefficient (Wildman–Crippen LogP) is 8.46. The minimum atomic E-state index is -0.997. The minimum absolute atomic E-state index is 0. The van der Waals surface area contributed by atoms with Gasteiger partial charge in [-0.1, -0.05) is 35.4 Å². The number of fused-ring (bicyclic) bond motifs is 2. The van der Waals surface area contributed by atoms with Gasteiger partial charge in [0.15, 0.2) is 0 Å². The first kappa shape index (κ1) is 66.6. The first-order valence-corrected chi connectivity index (χ1v) is 29.0. The van der Waals surface area contributed by atoms with Crippen LogP contribution in [0.25, 0.3) is 44.7 Å².